The van der Waals surface area contributed by atoms with E-state index in [9.17, 15) is 0 Å². The van der Waals surface area contributed by atoms with Gasteiger partial charge in [0.15, 0.2) is 11.5 Å². The van der Waals surface area contributed by atoms with Crippen molar-refractivity contribution in [3.05, 3.63) is 17.7 Å². The summed E-state index contributed by atoms with van der Waals surface area (Å²) in [4.78, 5) is 0. The summed E-state index contributed by atoms with van der Waals surface area (Å²) in [5.41, 5.74) is 1.14. The highest BCUT2D eigenvalue weighted by Gasteiger charge is 2.17. The van der Waals surface area contributed by atoms with Crippen LogP contribution < -0.4 is 19.5 Å². The van der Waals surface area contributed by atoms with Gasteiger partial charge in [0, 0.05) is 12.6 Å². The molecule has 0 aliphatic carbocycles. The summed E-state index contributed by atoms with van der Waals surface area (Å²) in [5, 5.41) is 3.43. The molecule has 0 spiro atoms. The normalized spacial score (nSPS) is 19.0. The van der Waals surface area contributed by atoms with Crippen LogP contribution in [0.25, 0.3) is 0 Å². The molecule has 1 saturated heterocycles. The van der Waals surface area contributed by atoms with Crippen LogP contribution in [0.15, 0.2) is 12.1 Å². The maximum atomic E-state index is 5.46. The third-order valence-electron chi connectivity index (χ3n) is 3.21. The Morgan fingerprint density at radius 2 is 1.84 bits per heavy atom. The van der Waals surface area contributed by atoms with Crippen LogP contribution in [0.5, 0.6) is 17.2 Å². The lowest BCUT2D eigenvalue weighted by molar-refractivity contribution is 0.0770. The van der Waals surface area contributed by atoms with E-state index in [1.165, 1.54) is 0 Å². The Bertz CT molecular complexity index is 391. The topological polar surface area (TPSA) is 49.0 Å². The number of benzene rings is 1. The zero-order valence-corrected chi connectivity index (χ0v) is 11.7. The molecule has 0 radical (unpaired) electrons. The van der Waals surface area contributed by atoms with E-state index in [1.54, 1.807) is 21.3 Å². The summed E-state index contributed by atoms with van der Waals surface area (Å²) in [6, 6.07) is 4.30. The Kier molecular flexibility index (Phi) is 4.87. The van der Waals surface area contributed by atoms with Crippen LogP contribution >= 0.6 is 0 Å². The molecule has 1 N–H and O–H groups in total. The van der Waals surface area contributed by atoms with E-state index >= 15 is 0 Å². The molecule has 1 aliphatic heterocycles. The van der Waals surface area contributed by atoms with E-state index < -0.39 is 0 Å². The molecule has 0 amide bonds. The van der Waals surface area contributed by atoms with Crippen LogP contribution in [-0.4, -0.2) is 47.1 Å². The molecule has 1 fully saturated rings. The monoisotopic (exact) mass is 267 g/mol. The first kappa shape index (κ1) is 14.0. The largest absolute Gasteiger partial charge is 0.493 e. The third-order valence-corrected chi connectivity index (χ3v) is 3.21. The van der Waals surface area contributed by atoms with Gasteiger partial charge in [-0.05, 0) is 24.1 Å². The Balaban J connectivity index is 2.20. The van der Waals surface area contributed by atoms with Crippen molar-refractivity contribution in [1.82, 2.24) is 5.32 Å². The molecular weight excluding hydrogens is 246 g/mol. The van der Waals surface area contributed by atoms with Crippen molar-refractivity contribution in [3.8, 4) is 17.2 Å². The number of hydrogen-bond donors (Lipinski definition) is 1. The fraction of sp³-hybridized carbons (Fsp3) is 0.571. The molecule has 0 saturated carbocycles. The van der Waals surface area contributed by atoms with Crippen LogP contribution in [0.3, 0.4) is 0 Å². The summed E-state index contributed by atoms with van der Waals surface area (Å²) >= 11 is 0. The summed E-state index contributed by atoms with van der Waals surface area (Å²) < 4.78 is 21.5. The van der Waals surface area contributed by atoms with Gasteiger partial charge in [0.2, 0.25) is 5.75 Å². The molecular formula is C14H21NO4. The number of morpholine rings is 1. The second-order valence-corrected chi connectivity index (χ2v) is 4.46. The predicted molar refractivity (Wildman–Crippen MR) is 72.4 cm³/mol. The first-order valence-corrected chi connectivity index (χ1v) is 6.38. The van der Waals surface area contributed by atoms with Crippen molar-refractivity contribution in [2.75, 3.05) is 41.1 Å². The van der Waals surface area contributed by atoms with Gasteiger partial charge < -0.3 is 24.3 Å². The SMILES string of the molecule is COc1cc(CC2COCCN2)cc(OC)c1OC. The Morgan fingerprint density at radius 1 is 1.16 bits per heavy atom. The van der Waals surface area contributed by atoms with Crippen LogP contribution in [0.4, 0.5) is 0 Å². The lowest BCUT2D eigenvalue weighted by Gasteiger charge is -2.24. The lowest BCUT2D eigenvalue weighted by atomic mass is 10.0. The van der Waals surface area contributed by atoms with Gasteiger partial charge in [0.25, 0.3) is 0 Å². The van der Waals surface area contributed by atoms with Gasteiger partial charge in [0.05, 0.1) is 34.5 Å². The Labute approximate surface area is 113 Å². The average Bonchev–Trinajstić information content (AvgIpc) is 2.47. The van der Waals surface area contributed by atoms with Crippen molar-refractivity contribution < 1.29 is 18.9 Å². The first-order chi connectivity index (χ1) is 9.28. The second kappa shape index (κ2) is 6.63. The van der Waals surface area contributed by atoms with E-state index in [2.05, 4.69) is 5.32 Å². The minimum atomic E-state index is 0.330. The highest BCUT2D eigenvalue weighted by molar-refractivity contribution is 5.54. The number of nitrogens with one attached hydrogen (secondary N) is 1. The zero-order valence-electron chi connectivity index (χ0n) is 11.7. The standard InChI is InChI=1S/C14H21NO4/c1-16-12-7-10(6-11-9-19-5-4-15-11)8-13(17-2)14(12)18-3/h7-8,11,15H,4-6,9H2,1-3H3. The molecule has 19 heavy (non-hydrogen) atoms. The molecule has 1 aliphatic rings. The molecule has 2 rings (SSSR count). The minimum Gasteiger partial charge on any atom is -0.493 e. The number of hydrogen-bond acceptors (Lipinski definition) is 5. The molecule has 0 aromatic heterocycles. The summed E-state index contributed by atoms with van der Waals surface area (Å²) in [6.07, 6.45) is 0.872. The number of methoxy groups -OCH3 is 3. The first-order valence-electron chi connectivity index (χ1n) is 6.38. The molecule has 1 heterocycles. The molecule has 106 valence electrons. The highest BCUT2D eigenvalue weighted by Crippen LogP contribution is 2.38. The van der Waals surface area contributed by atoms with Crippen LogP contribution in [-0.2, 0) is 11.2 Å². The van der Waals surface area contributed by atoms with Gasteiger partial charge in [-0.25, -0.2) is 0 Å². The molecule has 1 atom stereocenters. The molecule has 5 heteroatoms. The maximum absolute atomic E-state index is 5.46. The molecule has 1 aromatic rings. The average molecular weight is 267 g/mol. The molecule has 0 bridgehead atoms. The van der Waals surface area contributed by atoms with Crippen molar-refractivity contribution >= 4 is 0 Å². The van der Waals surface area contributed by atoms with E-state index in [-0.39, 0.29) is 0 Å². The van der Waals surface area contributed by atoms with Gasteiger partial charge in [-0.15, -0.1) is 0 Å². The summed E-state index contributed by atoms with van der Waals surface area (Å²) in [7, 11) is 4.86. The summed E-state index contributed by atoms with van der Waals surface area (Å²) in [5.74, 6) is 2.00. The lowest BCUT2D eigenvalue weighted by Crippen LogP contribution is -2.42. The Morgan fingerprint density at radius 3 is 2.32 bits per heavy atom. The zero-order chi connectivity index (χ0) is 13.7. The van der Waals surface area contributed by atoms with Gasteiger partial charge >= 0.3 is 0 Å². The van der Waals surface area contributed by atoms with Crippen LogP contribution in [0.2, 0.25) is 0 Å². The minimum absolute atomic E-state index is 0.330. The van der Waals surface area contributed by atoms with Gasteiger partial charge in [0.1, 0.15) is 0 Å². The van der Waals surface area contributed by atoms with Crippen molar-refractivity contribution in [2.45, 2.75) is 12.5 Å². The number of rotatable bonds is 5. The molecule has 5 nitrogen and oxygen atoms in total. The fourth-order valence-electron chi connectivity index (χ4n) is 2.29. The van der Waals surface area contributed by atoms with Gasteiger partial charge in [-0.2, -0.15) is 0 Å². The molecule has 1 unspecified atom stereocenters. The van der Waals surface area contributed by atoms with Crippen molar-refractivity contribution in [2.24, 2.45) is 0 Å². The van der Waals surface area contributed by atoms with Crippen LogP contribution in [0.1, 0.15) is 5.56 Å². The van der Waals surface area contributed by atoms with Gasteiger partial charge in [-0.3, -0.25) is 0 Å². The van der Waals surface area contributed by atoms with Crippen LogP contribution in [0, 0.1) is 0 Å². The third kappa shape index (κ3) is 3.30. The van der Waals surface area contributed by atoms with E-state index in [1.807, 2.05) is 12.1 Å². The van der Waals surface area contributed by atoms with Gasteiger partial charge in [-0.1, -0.05) is 0 Å². The van der Waals surface area contributed by atoms with E-state index in [0.29, 0.717) is 23.3 Å². The highest BCUT2D eigenvalue weighted by atomic mass is 16.5. The maximum Gasteiger partial charge on any atom is 0.203 e. The van der Waals surface area contributed by atoms with Crippen molar-refractivity contribution in [3.63, 3.8) is 0 Å². The molecule has 1 aromatic carbocycles. The van der Waals surface area contributed by atoms with E-state index in [4.69, 9.17) is 18.9 Å². The Hall–Kier alpha value is -1.46. The summed E-state index contributed by atoms with van der Waals surface area (Å²) in [6.45, 7) is 2.41. The second-order valence-electron chi connectivity index (χ2n) is 4.46. The number of ether oxygens (including phenoxy) is 4. The smallest absolute Gasteiger partial charge is 0.203 e. The van der Waals surface area contributed by atoms with Crippen molar-refractivity contribution in [1.29, 1.82) is 0 Å². The predicted octanol–water partition coefficient (Wildman–Crippen LogP) is 1.24. The van der Waals surface area contributed by atoms with E-state index in [0.717, 1.165) is 31.7 Å². The fourth-order valence-corrected chi connectivity index (χ4v) is 2.29. The quantitative estimate of drug-likeness (QED) is 0.870.